The zero-order valence-corrected chi connectivity index (χ0v) is 27.1. The van der Waals surface area contributed by atoms with Crippen LogP contribution in [0.1, 0.15) is 89.7 Å². The molecule has 44 heavy (non-hydrogen) atoms. The third kappa shape index (κ3) is 7.31. The molecule has 0 aromatic heterocycles. The van der Waals surface area contributed by atoms with Crippen LogP contribution in [-0.2, 0) is 9.59 Å². The molecule has 1 fully saturated rings. The third-order valence-electron chi connectivity index (χ3n) is 9.20. The normalized spacial score (nSPS) is 20.2. The van der Waals surface area contributed by atoms with Gasteiger partial charge in [-0.25, -0.2) is 4.39 Å². The second-order valence-electron chi connectivity index (χ2n) is 12.5. The molecule has 1 N–H and O–H groups in total. The number of carbonyl (C=O) groups is 2. The summed E-state index contributed by atoms with van der Waals surface area (Å²) in [5, 5.41) is 10.7. The Labute approximate surface area is 261 Å². The summed E-state index contributed by atoms with van der Waals surface area (Å²) in [7, 11) is 1.55. The Bertz CT molecular complexity index is 1300. The van der Waals surface area contributed by atoms with E-state index < -0.39 is 11.9 Å². The topological polar surface area (TPSA) is 88.5 Å². The first-order valence-corrected chi connectivity index (χ1v) is 16.2. The van der Waals surface area contributed by atoms with Gasteiger partial charge < -0.3 is 24.2 Å². The van der Waals surface area contributed by atoms with Crippen molar-refractivity contribution in [1.82, 2.24) is 4.90 Å². The Morgan fingerprint density at radius 1 is 1.09 bits per heavy atom. The van der Waals surface area contributed by atoms with Crippen molar-refractivity contribution in [2.24, 2.45) is 11.8 Å². The van der Waals surface area contributed by atoms with Crippen LogP contribution in [0.2, 0.25) is 0 Å². The maximum absolute atomic E-state index is 14.4. The molecule has 0 aliphatic carbocycles. The minimum Gasteiger partial charge on any atom is -0.493 e. The number of carboxylic acid groups (broad SMARTS) is 1. The summed E-state index contributed by atoms with van der Waals surface area (Å²) >= 11 is 0. The number of halogens is 1. The van der Waals surface area contributed by atoms with Crippen molar-refractivity contribution < 1.29 is 33.3 Å². The van der Waals surface area contributed by atoms with Crippen molar-refractivity contribution in [3.8, 4) is 17.2 Å². The van der Waals surface area contributed by atoms with E-state index in [4.69, 9.17) is 14.2 Å². The van der Waals surface area contributed by atoms with Crippen LogP contribution >= 0.6 is 0 Å². The van der Waals surface area contributed by atoms with Gasteiger partial charge in [-0.2, -0.15) is 0 Å². The number of hydrogen-bond donors (Lipinski definition) is 1. The van der Waals surface area contributed by atoms with Crippen molar-refractivity contribution in [3.05, 3.63) is 47.3 Å². The number of nitrogens with zero attached hydrogens (tertiary/aromatic N) is 2. The SMILES string of the molecule is CCCC(C)C[C@H]1C(C(=O)O)[C@@H](c2cc(OC)c3c(c2)OCO3)CN1CC(=O)N(c1ccc(F)c(C)c1)C(CCC)CCC. The van der Waals surface area contributed by atoms with Crippen molar-refractivity contribution >= 4 is 17.6 Å². The average molecular weight is 613 g/mol. The maximum Gasteiger partial charge on any atom is 0.308 e. The fraction of sp³-hybridized carbons (Fsp3) is 0.600. The van der Waals surface area contributed by atoms with Crippen LogP contribution in [0, 0.1) is 24.6 Å². The number of benzene rings is 2. The Hall–Kier alpha value is -3.33. The average Bonchev–Trinajstić information content (AvgIpc) is 3.60. The Morgan fingerprint density at radius 2 is 1.80 bits per heavy atom. The van der Waals surface area contributed by atoms with Crippen molar-refractivity contribution in [1.29, 1.82) is 0 Å². The molecule has 0 spiro atoms. The Morgan fingerprint density at radius 3 is 2.41 bits per heavy atom. The zero-order valence-electron chi connectivity index (χ0n) is 27.1. The Balaban J connectivity index is 1.73. The lowest BCUT2D eigenvalue weighted by Gasteiger charge is -2.35. The first kappa shape index (κ1) is 33.6. The molecule has 9 heteroatoms. The van der Waals surface area contributed by atoms with Gasteiger partial charge in [0.15, 0.2) is 11.5 Å². The van der Waals surface area contributed by atoms with Gasteiger partial charge in [0.1, 0.15) is 5.82 Å². The van der Waals surface area contributed by atoms with E-state index in [0.29, 0.717) is 47.4 Å². The molecule has 2 aliphatic rings. The molecule has 0 bridgehead atoms. The van der Waals surface area contributed by atoms with E-state index in [9.17, 15) is 19.1 Å². The lowest BCUT2D eigenvalue weighted by molar-refractivity contribution is -0.143. The van der Waals surface area contributed by atoms with Crippen molar-refractivity contribution in [3.63, 3.8) is 0 Å². The number of aryl methyl sites for hydroxylation is 1. The van der Waals surface area contributed by atoms with Gasteiger partial charge in [-0.1, -0.05) is 53.4 Å². The molecular formula is C35H49FN2O6. The van der Waals surface area contributed by atoms with Gasteiger partial charge in [-0.05, 0) is 73.6 Å². The van der Waals surface area contributed by atoms with Crippen molar-refractivity contribution in [2.45, 2.75) is 97.6 Å². The number of rotatable bonds is 15. The molecule has 2 heterocycles. The minimum atomic E-state index is -0.879. The van der Waals surface area contributed by atoms with Gasteiger partial charge in [-0.3, -0.25) is 14.5 Å². The van der Waals surface area contributed by atoms with Crippen LogP contribution in [-0.4, -0.2) is 61.0 Å². The summed E-state index contributed by atoms with van der Waals surface area (Å²) in [5.74, 6) is -0.539. The number of anilines is 1. The van der Waals surface area contributed by atoms with E-state index in [1.165, 1.54) is 6.07 Å². The number of likely N-dealkylation sites (tertiary alicyclic amines) is 1. The third-order valence-corrected chi connectivity index (χ3v) is 9.20. The molecule has 2 aromatic carbocycles. The van der Waals surface area contributed by atoms with Gasteiger partial charge in [0.05, 0.1) is 19.6 Å². The van der Waals surface area contributed by atoms with E-state index in [0.717, 1.165) is 44.1 Å². The number of hydrogen-bond acceptors (Lipinski definition) is 6. The summed E-state index contributed by atoms with van der Waals surface area (Å²) in [6, 6.07) is 8.18. The summed E-state index contributed by atoms with van der Waals surface area (Å²) in [5.41, 5.74) is 1.97. The predicted molar refractivity (Wildman–Crippen MR) is 169 cm³/mol. The van der Waals surface area contributed by atoms with Gasteiger partial charge in [0.25, 0.3) is 0 Å². The largest absolute Gasteiger partial charge is 0.493 e. The minimum absolute atomic E-state index is 0.0355. The van der Waals surface area contributed by atoms with Gasteiger partial charge in [0.2, 0.25) is 18.4 Å². The standard InChI is InChI=1S/C35H49FN2O6/c1-7-10-22(4)15-29-33(35(40)41)27(24-17-30(42-6)34-31(18-24)43-21-44-34)19-37(29)20-32(39)38(25(11-8-2)12-9-3)26-13-14-28(36)23(5)16-26/h13-14,16-18,22,25,27,29,33H,7-12,15,19-21H2,1-6H3,(H,40,41)/t22?,27-,29+,33?/m1/s1. The molecule has 2 aliphatic heterocycles. The first-order valence-electron chi connectivity index (χ1n) is 16.2. The second-order valence-corrected chi connectivity index (χ2v) is 12.5. The highest BCUT2D eigenvalue weighted by molar-refractivity contribution is 5.95. The van der Waals surface area contributed by atoms with Crippen LogP contribution in [0.5, 0.6) is 17.2 Å². The van der Waals surface area contributed by atoms with Crippen LogP contribution < -0.4 is 19.1 Å². The Kier molecular flexibility index (Phi) is 11.5. The molecule has 0 saturated carbocycles. The van der Waals surface area contributed by atoms with Crippen LogP contribution in [0.15, 0.2) is 30.3 Å². The number of carbonyl (C=O) groups excluding carboxylic acids is 1. The summed E-state index contributed by atoms with van der Waals surface area (Å²) in [4.78, 5) is 31.3. The lowest BCUT2D eigenvalue weighted by Crippen LogP contribution is -2.48. The molecule has 8 nitrogen and oxygen atoms in total. The monoisotopic (exact) mass is 612 g/mol. The van der Waals surface area contributed by atoms with Crippen molar-refractivity contribution in [2.75, 3.05) is 31.9 Å². The molecule has 0 radical (unpaired) electrons. The lowest BCUT2D eigenvalue weighted by atomic mass is 9.81. The van der Waals surface area contributed by atoms with Crippen LogP contribution in [0.4, 0.5) is 10.1 Å². The van der Waals surface area contributed by atoms with Crippen LogP contribution in [0.25, 0.3) is 0 Å². The van der Waals surface area contributed by atoms with Gasteiger partial charge in [-0.15, -0.1) is 0 Å². The fourth-order valence-corrected chi connectivity index (χ4v) is 7.17. The highest BCUT2D eigenvalue weighted by atomic mass is 19.1. The number of amides is 1. The molecular weight excluding hydrogens is 563 g/mol. The number of aliphatic carboxylic acids is 1. The number of methoxy groups -OCH3 is 1. The molecule has 242 valence electrons. The molecule has 4 rings (SSSR count). The highest BCUT2D eigenvalue weighted by Gasteiger charge is 2.48. The fourth-order valence-electron chi connectivity index (χ4n) is 7.17. The van der Waals surface area contributed by atoms with E-state index in [2.05, 4.69) is 32.6 Å². The molecule has 1 saturated heterocycles. The van der Waals surface area contributed by atoms with Gasteiger partial charge in [0, 0.05) is 30.2 Å². The second kappa shape index (κ2) is 15.1. The molecule has 1 amide bonds. The number of ether oxygens (including phenoxy) is 3. The van der Waals surface area contributed by atoms with Gasteiger partial charge >= 0.3 is 5.97 Å². The summed E-state index contributed by atoms with van der Waals surface area (Å²) in [6.07, 6.45) is 6.10. The summed E-state index contributed by atoms with van der Waals surface area (Å²) in [6.45, 7) is 10.8. The zero-order chi connectivity index (χ0) is 32.0. The first-order chi connectivity index (χ1) is 21.1. The van der Waals surface area contributed by atoms with E-state index >= 15 is 0 Å². The highest BCUT2D eigenvalue weighted by Crippen LogP contribution is 2.47. The molecule has 4 atom stereocenters. The smallest absolute Gasteiger partial charge is 0.308 e. The predicted octanol–water partition coefficient (Wildman–Crippen LogP) is 7.17. The molecule has 2 unspecified atom stereocenters. The van der Waals surface area contributed by atoms with E-state index in [-0.39, 0.29) is 43.1 Å². The van der Waals surface area contributed by atoms with E-state index in [1.54, 1.807) is 26.2 Å². The molecule has 2 aromatic rings. The summed E-state index contributed by atoms with van der Waals surface area (Å²) < 4.78 is 31.1. The quantitative estimate of drug-likeness (QED) is 0.228. The number of fused-ring (bicyclic) bond motifs is 1. The van der Waals surface area contributed by atoms with E-state index in [1.807, 2.05) is 17.0 Å². The number of carboxylic acids is 1. The maximum atomic E-state index is 14.4. The van der Waals surface area contributed by atoms with Crippen LogP contribution in [0.3, 0.4) is 0 Å².